The van der Waals surface area contributed by atoms with E-state index in [9.17, 15) is 14.4 Å². The van der Waals surface area contributed by atoms with Crippen molar-refractivity contribution >= 4 is 28.5 Å². The van der Waals surface area contributed by atoms with Crippen LogP contribution in [0.25, 0.3) is 11.0 Å². The van der Waals surface area contributed by atoms with Gasteiger partial charge in [-0.05, 0) is 43.7 Å². The molecular weight excluding hydrogens is 462 g/mol. The number of hydrogen-bond acceptors (Lipinski definition) is 7. The minimum absolute atomic E-state index is 0.319. The highest BCUT2D eigenvalue weighted by atomic mass is 16.6. The molecule has 0 aliphatic carbocycles. The number of anilines is 1. The third-order valence-electron chi connectivity index (χ3n) is 5.31. The summed E-state index contributed by atoms with van der Waals surface area (Å²) in [6, 6.07) is 22.0. The summed E-state index contributed by atoms with van der Waals surface area (Å²) in [7, 11) is 0. The first kappa shape index (κ1) is 24.5. The summed E-state index contributed by atoms with van der Waals surface area (Å²) < 4.78 is 21.9. The van der Waals surface area contributed by atoms with Crippen molar-refractivity contribution in [1.29, 1.82) is 0 Å². The van der Waals surface area contributed by atoms with Crippen LogP contribution in [0.4, 0.5) is 5.69 Å². The molecule has 184 valence electrons. The predicted octanol–water partition coefficient (Wildman–Crippen LogP) is 4.80. The summed E-state index contributed by atoms with van der Waals surface area (Å²) in [5.74, 6) is -0.458. The number of fused-ring (bicyclic) bond motifs is 1. The summed E-state index contributed by atoms with van der Waals surface area (Å²) >= 11 is 0. The van der Waals surface area contributed by atoms with Crippen LogP contribution in [-0.2, 0) is 14.3 Å². The summed E-state index contributed by atoms with van der Waals surface area (Å²) in [6.45, 7) is 3.63. The molecule has 1 N–H and O–H groups in total. The molecule has 0 bridgehead atoms. The van der Waals surface area contributed by atoms with E-state index < -0.39 is 30.2 Å². The Morgan fingerprint density at radius 1 is 0.944 bits per heavy atom. The van der Waals surface area contributed by atoms with Gasteiger partial charge in [-0.25, -0.2) is 9.59 Å². The average Bonchev–Trinajstić information content (AvgIpc) is 2.87. The van der Waals surface area contributed by atoms with Crippen LogP contribution < -0.4 is 20.4 Å². The fourth-order valence-corrected chi connectivity index (χ4v) is 3.65. The molecule has 3 aromatic carbocycles. The third-order valence-corrected chi connectivity index (χ3v) is 5.31. The first-order valence-corrected chi connectivity index (χ1v) is 11.4. The summed E-state index contributed by atoms with van der Waals surface area (Å²) in [5, 5.41) is 3.54. The van der Waals surface area contributed by atoms with Crippen LogP contribution in [0.5, 0.6) is 11.5 Å². The number of carbonyl (C=O) groups is 2. The number of carbonyl (C=O) groups excluding carboxylic acids is 2. The molecule has 0 saturated heterocycles. The van der Waals surface area contributed by atoms with Crippen LogP contribution in [-0.4, -0.2) is 25.1 Å². The van der Waals surface area contributed by atoms with Crippen molar-refractivity contribution in [2.45, 2.75) is 20.0 Å². The Kier molecular flexibility index (Phi) is 7.65. The smallest absolute Gasteiger partial charge is 0.345 e. The van der Waals surface area contributed by atoms with Gasteiger partial charge < -0.3 is 23.9 Å². The van der Waals surface area contributed by atoms with E-state index in [1.807, 2.05) is 6.92 Å². The van der Waals surface area contributed by atoms with Crippen LogP contribution in [0.2, 0.25) is 0 Å². The Bertz CT molecular complexity index is 1430. The maximum absolute atomic E-state index is 13.2. The number of rotatable bonds is 9. The van der Waals surface area contributed by atoms with Crippen molar-refractivity contribution in [3.05, 3.63) is 100 Å². The molecule has 8 nitrogen and oxygen atoms in total. The van der Waals surface area contributed by atoms with Gasteiger partial charge in [0.05, 0.1) is 12.3 Å². The van der Waals surface area contributed by atoms with Crippen molar-refractivity contribution in [3.8, 4) is 11.5 Å². The number of nitrogens with one attached hydrogen (secondary N) is 1. The van der Waals surface area contributed by atoms with E-state index in [0.717, 1.165) is 10.9 Å². The van der Waals surface area contributed by atoms with Gasteiger partial charge in [0, 0.05) is 23.1 Å². The highest BCUT2D eigenvalue weighted by molar-refractivity contribution is 5.97. The van der Waals surface area contributed by atoms with E-state index in [-0.39, 0.29) is 0 Å². The highest BCUT2D eigenvalue weighted by Gasteiger charge is 2.26. The molecule has 1 heterocycles. The van der Waals surface area contributed by atoms with Crippen molar-refractivity contribution < 1.29 is 28.2 Å². The Hall–Kier alpha value is -4.59. The van der Waals surface area contributed by atoms with E-state index in [0.29, 0.717) is 34.9 Å². The predicted molar refractivity (Wildman–Crippen MR) is 134 cm³/mol. The number of para-hydroxylation sites is 2. The maximum Gasteiger partial charge on any atom is 0.345 e. The minimum atomic E-state index is -1.21. The molecule has 1 amide bonds. The number of ether oxygens (including phenoxy) is 3. The van der Waals surface area contributed by atoms with Gasteiger partial charge in [0.2, 0.25) is 6.10 Å². The van der Waals surface area contributed by atoms with Gasteiger partial charge in [-0.1, -0.05) is 42.5 Å². The number of hydrogen-bond donors (Lipinski definition) is 1. The Morgan fingerprint density at radius 2 is 1.69 bits per heavy atom. The molecule has 4 aromatic rings. The van der Waals surface area contributed by atoms with Gasteiger partial charge in [-0.2, -0.15) is 0 Å². The molecular formula is C28H25NO7. The van der Waals surface area contributed by atoms with Crippen LogP contribution in [0.3, 0.4) is 0 Å². The quantitative estimate of drug-likeness (QED) is 0.267. The van der Waals surface area contributed by atoms with Crippen molar-refractivity contribution in [1.82, 2.24) is 0 Å². The lowest BCUT2D eigenvalue weighted by molar-refractivity contribution is -0.156. The molecule has 4 rings (SSSR count). The van der Waals surface area contributed by atoms with Crippen LogP contribution in [0.1, 0.15) is 24.2 Å². The molecule has 0 spiro atoms. The SMILES string of the molecule is CCOc1ccccc1NC(=O)C(OC(=O)COc1ccc2c(C)cc(=O)oc2c1)c1ccccc1. The lowest BCUT2D eigenvalue weighted by Gasteiger charge is -2.19. The molecule has 0 aliphatic rings. The van der Waals surface area contributed by atoms with E-state index in [1.54, 1.807) is 73.7 Å². The number of esters is 1. The van der Waals surface area contributed by atoms with Gasteiger partial charge in [0.25, 0.3) is 5.91 Å². The Morgan fingerprint density at radius 3 is 2.47 bits per heavy atom. The number of benzene rings is 3. The molecule has 0 fully saturated rings. The topological polar surface area (TPSA) is 104 Å². The minimum Gasteiger partial charge on any atom is -0.492 e. The second-order valence-corrected chi connectivity index (χ2v) is 7.89. The van der Waals surface area contributed by atoms with Crippen LogP contribution >= 0.6 is 0 Å². The monoisotopic (exact) mass is 487 g/mol. The largest absolute Gasteiger partial charge is 0.492 e. The Balaban J connectivity index is 1.48. The number of aryl methyl sites for hydroxylation is 1. The summed E-state index contributed by atoms with van der Waals surface area (Å²) in [4.78, 5) is 37.5. The van der Waals surface area contributed by atoms with Crippen molar-refractivity contribution in [3.63, 3.8) is 0 Å². The fourth-order valence-electron chi connectivity index (χ4n) is 3.65. The fraction of sp³-hybridized carbons (Fsp3) is 0.179. The zero-order valence-electron chi connectivity index (χ0n) is 19.9. The van der Waals surface area contributed by atoms with E-state index >= 15 is 0 Å². The number of amides is 1. The zero-order chi connectivity index (χ0) is 25.5. The van der Waals surface area contributed by atoms with Crippen LogP contribution in [0.15, 0.2) is 88.1 Å². The second-order valence-electron chi connectivity index (χ2n) is 7.89. The first-order valence-electron chi connectivity index (χ1n) is 11.4. The second kappa shape index (κ2) is 11.2. The van der Waals surface area contributed by atoms with Gasteiger partial charge in [-0.15, -0.1) is 0 Å². The summed E-state index contributed by atoms with van der Waals surface area (Å²) in [5.41, 5.74) is 1.61. The van der Waals surface area contributed by atoms with E-state index in [4.69, 9.17) is 18.6 Å². The molecule has 8 heteroatoms. The van der Waals surface area contributed by atoms with E-state index in [2.05, 4.69) is 5.32 Å². The van der Waals surface area contributed by atoms with Gasteiger partial charge in [0.1, 0.15) is 17.1 Å². The molecule has 0 aliphatic heterocycles. The van der Waals surface area contributed by atoms with Crippen molar-refractivity contribution in [2.75, 3.05) is 18.5 Å². The van der Waals surface area contributed by atoms with Crippen LogP contribution in [0, 0.1) is 6.92 Å². The normalized spacial score (nSPS) is 11.5. The standard InChI is InChI=1S/C28H25NO7/c1-3-33-23-12-8-7-11-22(23)29-28(32)27(19-9-5-4-6-10-19)36-26(31)17-34-20-13-14-21-18(2)15-25(30)35-24(21)16-20/h4-16,27H,3,17H2,1-2H3,(H,29,32). The molecule has 36 heavy (non-hydrogen) atoms. The Labute approximate surface area is 207 Å². The molecule has 1 aromatic heterocycles. The summed E-state index contributed by atoms with van der Waals surface area (Å²) in [6.07, 6.45) is -1.21. The molecule has 0 saturated carbocycles. The zero-order valence-corrected chi connectivity index (χ0v) is 19.9. The average molecular weight is 488 g/mol. The van der Waals surface area contributed by atoms with Gasteiger partial charge in [0.15, 0.2) is 6.61 Å². The first-order chi connectivity index (χ1) is 17.4. The molecule has 0 radical (unpaired) electrons. The lowest BCUT2D eigenvalue weighted by atomic mass is 10.1. The molecule has 1 unspecified atom stereocenters. The van der Waals surface area contributed by atoms with Crippen molar-refractivity contribution in [2.24, 2.45) is 0 Å². The van der Waals surface area contributed by atoms with Gasteiger partial charge >= 0.3 is 11.6 Å². The lowest BCUT2D eigenvalue weighted by Crippen LogP contribution is -2.28. The third kappa shape index (κ3) is 5.90. The molecule has 1 atom stereocenters. The van der Waals surface area contributed by atoms with E-state index in [1.165, 1.54) is 12.1 Å². The maximum atomic E-state index is 13.2. The van der Waals surface area contributed by atoms with Gasteiger partial charge in [-0.3, -0.25) is 4.79 Å². The highest BCUT2D eigenvalue weighted by Crippen LogP contribution is 2.27.